The van der Waals surface area contributed by atoms with Crippen LogP contribution in [0.25, 0.3) is 0 Å². The van der Waals surface area contributed by atoms with Gasteiger partial charge in [-0.05, 0) is 44.2 Å². The zero-order chi connectivity index (χ0) is 21.7. The van der Waals surface area contributed by atoms with Crippen LogP contribution in [0.1, 0.15) is 40.4 Å². The number of aryl methyl sites for hydroxylation is 2. The van der Waals surface area contributed by atoms with Crippen molar-refractivity contribution in [1.29, 1.82) is 0 Å². The first-order valence-electron chi connectivity index (χ1n) is 9.79. The predicted molar refractivity (Wildman–Crippen MR) is 104 cm³/mol. The van der Waals surface area contributed by atoms with E-state index in [0.29, 0.717) is 6.61 Å². The lowest BCUT2D eigenvalue weighted by molar-refractivity contribution is -0.192. The third kappa shape index (κ3) is 6.78. The molecule has 4 rings (SSSR count). The van der Waals surface area contributed by atoms with Crippen LogP contribution in [-0.2, 0) is 35.8 Å². The summed E-state index contributed by atoms with van der Waals surface area (Å²) in [6.07, 6.45) is -1.30. The molecule has 0 aromatic carbocycles. The Labute approximate surface area is 176 Å². The van der Waals surface area contributed by atoms with Gasteiger partial charge >= 0.3 is 12.1 Å². The van der Waals surface area contributed by atoms with Gasteiger partial charge in [0, 0.05) is 42.5 Å². The molecule has 0 radical (unpaired) electrons. The molecule has 11 heteroatoms. The van der Waals surface area contributed by atoms with Gasteiger partial charge in [-0.15, -0.1) is 16.4 Å². The van der Waals surface area contributed by atoms with Crippen LogP contribution < -0.4 is 0 Å². The highest BCUT2D eigenvalue weighted by Crippen LogP contribution is 2.29. The predicted octanol–water partition coefficient (Wildman–Crippen LogP) is 3.61. The second kappa shape index (κ2) is 9.88. The third-order valence-corrected chi connectivity index (χ3v) is 5.83. The molecule has 0 saturated heterocycles. The maximum Gasteiger partial charge on any atom is 0.490 e. The molecule has 1 aliphatic heterocycles. The second-order valence-electron chi connectivity index (χ2n) is 7.54. The molecule has 2 aliphatic rings. The number of hydrogen-bond donors (Lipinski definition) is 1. The number of halogens is 3. The van der Waals surface area contributed by atoms with E-state index in [4.69, 9.17) is 14.6 Å². The Morgan fingerprint density at radius 1 is 1.33 bits per heavy atom. The molecular weight excluding hydrogens is 421 g/mol. The lowest BCUT2D eigenvalue weighted by atomic mass is 10.3. The summed E-state index contributed by atoms with van der Waals surface area (Å²) in [7, 11) is 0. The number of rotatable bonds is 6. The van der Waals surface area contributed by atoms with Gasteiger partial charge in [0.1, 0.15) is 5.69 Å². The van der Waals surface area contributed by atoms with Gasteiger partial charge in [0.05, 0.1) is 12.3 Å². The van der Waals surface area contributed by atoms with E-state index >= 15 is 0 Å². The lowest BCUT2D eigenvalue weighted by Crippen LogP contribution is -2.23. The molecule has 3 heterocycles. The number of carbonyl (C=O) groups is 1. The van der Waals surface area contributed by atoms with Crippen LogP contribution in [0.15, 0.2) is 12.1 Å². The van der Waals surface area contributed by atoms with Crippen molar-refractivity contribution in [2.75, 3.05) is 13.2 Å². The Morgan fingerprint density at radius 3 is 2.67 bits per heavy atom. The normalized spacial score (nSPS) is 17.1. The first-order valence-corrected chi connectivity index (χ1v) is 10.6. The zero-order valence-electron chi connectivity index (χ0n) is 16.7. The highest BCUT2D eigenvalue weighted by Gasteiger charge is 2.38. The molecule has 0 atom stereocenters. The van der Waals surface area contributed by atoms with E-state index in [2.05, 4.69) is 39.0 Å². The van der Waals surface area contributed by atoms with Crippen LogP contribution in [0, 0.1) is 12.8 Å². The highest BCUT2D eigenvalue weighted by molar-refractivity contribution is 7.11. The summed E-state index contributed by atoms with van der Waals surface area (Å²) in [5, 5.41) is 15.8. The van der Waals surface area contributed by atoms with Crippen molar-refractivity contribution in [2.24, 2.45) is 5.92 Å². The van der Waals surface area contributed by atoms with Crippen molar-refractivity contribution in [2.45, 2.75) is 58.6 Å². The van der Waals surface area contributed by atoms with Crippen molar-refractivity contribution < 1.29 is 27.8 Å². The topological polar surface area (TPSA) is 80.5 Å². The van der Waals surface area contributed by atoms with Gasteiger partial charge in [0.25, 0.3) is 0 Å². The van der Waals surface area contributed by atoms with E-state index in [1.54, 1.807) is 0 Å². The molecule has 1 aliphatic carbocycles. The first kappa shape index (κ1) is 22.7. The van der Waals surface area contributed by atoms with Crippen molar-refractivity contribution in [3.05, 3.63) is 33.3 Å². The van der Waals surface area contributed by atoms with Gasteiger partial charge in [-0.1, -0.05) is 5.21 Å². The van der Waals surface area contributed by atoms with Crippen molar-refractivity contribution in [3.63, 3.8) is 0 Å². The Hall–Kier alpha value is -1.98. The van der Waals surface area contributed by atoms with E-state index in [-0.39, 0.29) is 0 Å². The van der Waals surface area contributed by atoms with Crippen molar-refractivity contribution in [3.8, 4) is 0 Å². The number of hydrogen-bond acceptors (Lipinski definition) is 6. The van der Waals surface area contributed by atoms with Gasteiger partial charge in [0.2, 0.25) is 0 Å². The average molecular weight is 446 g/mol. The summed E-state index contributed by atoms with van der Waals surface area (Å²) in [5.74, 6) is -1.96. The number of aliphatic carboxylic acids is 1. The molecule has 166 valence electrons. The number of fused-ring (bicyclic) bond motifs is 1. The van der Waals surface area contributed by atoms with Crippen LogP contribution in [-0.4, -0.2) is 50.3 Å². The van der Waals surface area contributed by atoms with Crippen LogP contribution in [0.3, 0.4) is 0 Å². The molecule has 30 heavy (non-hydrogen) atoms. The first-order chi connectivity index (χ1) is 14.2. The quantitative estimate of drug-likeness (QED) is 0.730. The number of thiophene rings is 1. The lowest BCUT2D eigenvalue weighted by Gasteiger charge is -2.19. The number of alkyl halides is 3. The third-order valence-electron chi connectivity index (χ3n) is 4.84. The van der Waals surface area contributed by atoms with Crippen molar-refractivity contribution >= 4 is 17.3 Å². The number of ether oxygens (including phenoxy) is 1. The number of aromatic nitrogens is 3. The SMILES string of the molecule is Cc1ccc(CN2CCCn3nnc(COCC4CC4)c3C2)s1.O=C(O)C(F)(F)F. The zero-order valence-corrected chi connectivity index (χ0v) is 17.5. The minimum atomic E-state index is -5.08. The van der Waals surface area contributed by atoms with E-state index in [0.717, 1.165) is 50.8 Å². The smallest absolute Gasteiger partial charge is 0.475 e. The number of carboxylic acid groups (broad SMARTS) is 1. The molecule has 1 N–H and O–H groups in total. The Balaban J connectivity index is 0.000000318. The molecule has 7 nitrogen and oxygen atoms in total. The minimum Gasteiger partial charge on any atom is -0.475 e. The minimum absolute atomic E-state index is 0.609. The molecule has 0 amide bonds. The standard InChI is InChI=1S/C17H24N4OS.C2HF3O2/c1-13-3-6-15(23-13)9-20-7-2-8-21-17(10-20)16(18-19-21)12-22-11-14-4-5-14;3-2(4,5)1(6)7/h3,6,14H,2,4-5,7-12H2,1H3;(H,6,7). The fourth-order valence-electron chi connectivity index (χ4n) is 3.10. The molecule has 0 bridgehead atoms. The molecule has 1 saturated carbocycles. The fraction of sp³-hybridized carbons (Fsp3) is 0.632. The molecule has 1 fully saturated rings. The summed E-state index contributed by atoms with van der Waals surface area (Å²) >= 11 is 1.90. The molecule has 2 aromatic rings. The molecule has 0 unspecified atom stereocenters. The second-order valence-corrected chi connectivity index (χ2v) is 8.92. The van der Waals surface area contributed by atoms with E-state index in [1.165, 1.54) is 28.3 Å². The van der Waals surface area contributed by atoms with Crippen LogP contribution in [0.5, 0.6) is 0 Å². The summed E-state index contributed by atoms with van der Waals surface area (Å²) in [6.45, 7) is 7.68. The van der Waals surface area contributed by atoms with Crippen LogP contribution in [0.4, 0.5) is 13.2 Å². The van der Waals surface area contributed by atoms with Crippen LogP contribution in [0.2, 0.25) is 0 Å². The average Bonchev–Trinajstić information content (AvgIpc) is 3.34. The molecule has 2 aromatic heterocycles. The monoisotopic (exact) mass is 446 g/mol. The summed E-state index contributed by atoms with van der Waals surface area (Å²) in [4.78, 5) is 14.2. The summed E-state index contributed by atoms with van der Waals surface area (Å²) in [5.41, 5.74) is 2.27. The number of nitrogens with zero attached hydrogens (tertiary/aromatic N) is 4. The van der Waals surface area contributed by atoms with Gasteiger partial charge in [-0.3, -0.25) is 4.90 Å². The fourth-order valence-corrected chi connectivity index (χ4v) is 4.03. The van der Waals surface area contributed by atoms with Gasteiger partial charge in [0.15, 0.2) is 0 Å². The van der Waals surface area contributed by atoms with Crippen LogP contribution >= 0.6 is 11.3 Å². The molecular formula is C19H25F3N4O3S. The maximum atomic E-state index is 10.6. The van der Waals surface area contributed by atoms with Crippen molar-refractivity contribution in [1.82, 2.24) is 19.9 Å². The van der Waals surface area contributed by atoms with Gasteiger partial charge in [-0.25, -0.2) is 9.48 Å². The van der Waals surface area contributed by atoms with E-state index in [9.17, 15) is 13.2 Å². The van der Waals surface area contributed by atoms with Gasteiger partial charge in [-0.2, -0.15) is 13.2 Å². The van der Waals surface area contributed by atoms with E-state index < -0.39 is 12.1 Å². The summed E-state index contributed by atoms with van der Waals surface area (Å²) in [6, 6.07) is 4.46. The highest BCUT2D eigenvalue weighted by atomic mass is 32.1. The summed E-state index contributed by atoms with van der Waals surface area (Å²) < 4.78 is 39.6. The van der Waals surface area contributed by atoms with Gasteiger partial charge < -0.3 is 9.84 Å². The number of carboxylic acids is 1. The Bertz CT molecular complexity index is 848. The Kier molecular flexibility index (Phi) is 7.48. The largest absolute Gasteiger partial charge is 0.490 e. The Morgan fingerprint density at radius 2 is 2.07 bits per heavy atom. The van der Waals surface area contributed by atoms with E-state index in [1.807, 2.05) is 11.3 Å². The molecule has 0 spiro atoms. The maximum absolute atomic E-state index is 10.6.